The van der Waals surface area contributed by atoms with Crippen LogP contribution in [0.4, 0.5) is 0 Å². The van der Waals surface area contributed by atoms with Gasteiger partial charge in [0.1, 0.15) is 11.5 Å². The van der Waals surface area contributed by atoms with Crippen LogP contribution in [0.3, 0.4) is 0 Å². The summed E-state index contributed by atoms with van der Waals surface area (Å²) in [6, 6.07) is 119. The number of para-hydroxylation sites is 3. The maximum Gasteiger partial charge on any atom is 1.00 e. The predicted molar refractivity (Wildman–Crippen MR) is 468 cm³/mol. The topological polar surface area (TPSA) is 245 Å². The van der Waals surface area contributed by atoms with Crippen molar-refractivity contribution in [3.63, 3.8) is 0 Å². The Morgan fingerprint density at radius 1 is 0.336 bits per heavy atom. The van der Waals surface area contributed by atoms with E-state index in [9.17, 15) is 19.8 Å². The van der Waals surface area contributed by atoms with E-state index >= 15 is 0 Å². The van der Waals surface area contributed by atoms with E-state index < -0.39 is 0 Å². The van der Waals surface area contributed by atoms with E-state index in [1.807, 2.05) is 255 Å². The number of aliphatic hydroxyl groups excluding tert-OH is 2. The van der Waals surface area contributed by atoms with Gasteiger partial charge < -0.3 is 40.5 Å². The number of aromatic nitrogens is 10. The summed E-state index contributed by atoms with van der Waals surface area (Å²) in [5.74, 6) is 1.52. The van der Waals surface area contributed by atoms with E-state index in [1.165, 1.54) is 77.7 Å². The molecule has 10 aromatic carbocycles. The smallest absolute Gasteiger partial charge is 0.512 e. The number of aryl methyl sites for hydroxylation is 2. The number of carbonyl (C=O) groups is 2. The summed E-state index contributed by atoms with van der Waals surface area (Å²) in [5, 5.41) is 51.7. The Hall–Kier alpha value is -10.6. The second-order valence-corrected chi connectivity index (χ2v) is 26.1. The average molecular weight is 2800 g/mol. The average Bonchev–Trinajstić information content (AvgIpc) is 1.47. The van der Waals surface area contributed by atoms with E-state index in [0.717, 1.165) is 61.8 Å². The molecule has 18 rings (SSSR count). The fraction of sp³-hybridized carbons (Fsp3) is 0.0594. The van der Waals surface area contributed by atoms with Gasteiger partial charge in [-0.15, -0.1) is 144 Å². The zero-order valence-corrected chi connectivity index (χ0v) is 84.3. The molecule has 647 valence electrons. The zero-order valence-electron chi connectivity index (χ0n) is 67.8. The Morgan fingerprint density at radius 3 is 1.14 bits per heavy atom. The summed E-state index contributed by atoms with van der Waals surface area (Å²) >= 11 is 0. The van der Waals surface area contributed by atoms with Crippen LogP contribution < -0.4 is 5.10 Å². The monoisotopic (exact) mass is 2810 g/mol. The van der Waals surface area contributed by atoms with Crippen molar-refractivity contribution < 1.29 is 185 Å². The first-order valence-corrected chi connectivity index (χ1v) is 37.3. The molecule has 0 bridgehead atoms. The molecule has 0 amide bonds. The number of nitrogens with zero attached hydrogens (tertiary/aromatic N) is 10. The number of fused-ring (bicyclic) bond motifs is 4. The standard InChI is InChI=1S/C22H16N2O2.C16H12N.3C15H10N.C8H7N4.2C5H8O2.2Co.4Ir.Os.Pt/c25-21-13-3-1-7-15(21)17-9-5-11-19(23-17)20-12-6-10-18(24-20)16-8-2-4-14-22(16)26;1-12-6-5-9-16-14(12)10-11-15(17-16)13-7-3-2-4-8-13;2*1-2-7-13(8-3-1)15-14-9-5-4-6-12(14)10-11-16-15;1-2-6-12(7-3-1)15-11-10-13-8-4-5-9-14(13)16-15;1-6-10-8(12-11-6)7-4-2-3-5-9-7;2*1-4(6)3-5(2)7;;;;;;;;/h1-14,25-26H;2-7,9-11H,1H3;2*1-7,9-11H;1-6,8-11H;2-5H,1H3;2*3,6H,1-2H3;;;;;;;;/q;5*-1;;;;;;;;;+1;. The first-order valence-electron chi connectivity index (χ1n) is 37.3. The van der Waals surface area contributed by atoms with Crippen LogP contribution in [0.2, 0.25) is 0 Å². The molecule has 4 N–H and O–H groups in total. The van der Waals surface area contributed by atoms with Crippen LogP contribution in [0.15, 0.2) is 370 Å². The summed E-state index contributed by atoms with van der Waals surface area (Å²) in [5.41, 5.74) is 16.3. The Bertz CT molecular complexity index is 6130. The molecular weight excluding hydrogens is 2720 g/mol. The molecule has 7 radical (unpaired) electrons. The van der Waals surface area contributed by atoms with E-state index in [1.54, 1.807) is 37.4 Å². The van der Waals surface area contributed by atoms with Gasteiger partial charge in [-0.25, -0.2) is 9.97 Å². The molecule has 24 heteroatoms. The first kappa shape index (κ1) is 109. The molecule has 0 atom stereocenters. The number of ketones is 2. The number of hydrogen-bond acceptors (Lipinski definition) is 15. The van der Waals surface area contributed by atoms with E-state index in [-0.39, 0.29) is 189 Å². The molecule has 16 nitrogen and oxygen atoms in total. The fourth-order valence-electron chi connectivity index (χ4n) is 11.9. The van der Waals surface area contributed by atoms with Gasteiger partial charge in [0.2, 0.25) is 0 Å². The number of benzene rings is 10. The first-order chi connectivity index (χ1) is 57.0. The molecule has 0 aliphatic rings. The summed E-state index contributed by atoms with van der Waals surface area (Å²) in [7, 11) is 0. The number of phenols is 2. The minimum Gasteiger partial charge on any atom is -0.512 e. The number of phenolic OH excluding ortho intramolecular Hbond substituents is 2. The zero-order chi connectivity index (χ0) is 82.1. The van der Waals surface area contributed by atoms with Crippen molar-refractivity contribution in [3.8, 4) is 102 Å². The minimum absolute atomic E-state index is 0. The van der Waals surface area contributed by atoms with Crippen molar-refractivity contribution in [3.05, 3.63) is 405 Å². The second kappa shape index (κ2) is 57.1. The number of aromatic hydroxyl groups is 2. The van der Waals surface area contributed by atoms with Crippen molar-refractivity contribution in [2.75, 3.05) is 0 Å². The molecule has 0 fully saturated rings. The largest absolute Gasteiger partial charge is 1.00 e. The molecule has 0 saturated heterocycles. The van der Waals surface area contributed by atoms with Crippen LogP contribution in [0, 0.1) is 38.1 Å². The Balaban J connectivity index is 0.000000375. The molecule has 8 heterocycles. The van der Waals surface area contributed by atoms with Crippen LogP contribution in [0.5, 0.6) is 11.5 Å². The summed E-state index contributed by atoms with van der Waals surface area (Å²) in [4.78, 5) is 55.7. The molecule has 0 saturated carbocycles. The van der Waals surface area contributed by atoms with Crippen molar-refractivity contribution in [1.82, 2.24) is 50.1 Å². The number of carbonyl (C=O) groups excluding carboxylic acids is 2. The third kappa shape index (κ3) is 33.3. The van der Waals surface area contributed by atoms with Gasteiger partial charge in [-0.05, 0) is 188 Å². The maximum atomic E-state index is 10.1. The van der Waals surface area contributed by atoms with Crippen LogP contribution in [0.25, 0.3) is 134 Å². The third-order valence-electron chi connectivity index (χ3n) is 17.2. The van der Waals surface area contributed by atoms with Gasteiger partial charge in [0.25, 0.3) is 0 Å². The number of pyridine rings is 7. The minimum atomic E-state index is -0.125. The quantitative estimate of drug-likeness (QED) is 0.0565. The SMILES string of the molecule is CC(=O)C=C(C)O.CC(=O)C=C(C)O.Cc1cccc2nc(-c3[c-]cccc3)ccc12.Cc1n[n-]c(-c2ccccn2)n1.Oc1ccccc1-c1cccc(-c2cccc(-c3ccccc3O)n2)n1.[Co].[Co].[Ir].[Ir].[Ir].[Ir].[Os+].[Pt].[c-]1ccccc1-c1ccc2ccccc2n1.[c-]1ccccc1-c1nccc2ccccc12.[c-]1ccccc1-c1nccc2ccccc12. The van der Waals surface area contributed by atoms with Crippen molar-refractivity contribution in [1.29, 1.82) is 0 Å². The second-order valence-electron chi connectivity index (χ2n) is 26.1. The molecule has 0 aliphatic heterocycles. The molecule has 0 aliphatic carbocycles. The van der Waals surface area contributed by atoms with Gasteiger partial charge in [-0.3, -0.25) is 29.6 Å². The molecule has 8 aromatic heterocycles. The summed E-state index contributed by atoms with van der Waals surface area (Å²) < 4.78 is 0. The normalized spacial score (nSPS) is 9.94. The van der Waals surface area contributed by atoms with Crippen LogP contribution in [-0.4, -0.2) is 77.0 Å². The van der Waals surface area contributed by atoms with Gasteiger partial charge in [-0.2, -0.15) is 0 Å². The molecule has 0 spiro atoms. The molecular formula is C101H81Co2Ir4N10O6OsPt-4. The molecule has 125 heavy (non-hydrogen) atoms. The molecule has 0 unspecified atom stereocenters. The number of rotatable bonds is 10. The summed E-state index contributed by atoms with van der Waals surface area (Å²) in [6.45, 7) is 9.61. The van der Waals surface area contributed by atoms with E-state index in [0.29, 0.717) is 45.6 Å². The van der Waals surface area contributed by atoms with Gasteiger partial charge in [-0.1, -0.05) is 146 Å². The summed E-state index contributed by atoms with van der Waals surface area (Å²) in [6.07, 6.45) is 7.73. The number of allylic oxidation sites excluding steroid dienone is 4. The van der Waals surface area contributed by atoms with E-state index in [2.05, 4.69) is 142 Å². The Morgan fingerprint density at radius 2 is 0.720 bits per heavy atom. The number of hydrogen-bond donors (Lipinski definition) is 4. The fourth-order valence-corrected chi connectivity index (χ4v) is 11.9. The van der Waals surface area contributed by atoms with E-state index in [4.69, 9.17) is 10.2 Å². The van der Waals surface area contributed by atoms with Crippen molar-refractivity contribution in [2.24, 2.45) is 0 Å². The van der Waals surface area contributed by atoms with Crippen molar-refractivity contribution >= 4 is 54.9 Å². The van der Waals surface area contributed by atoms with Crippen LogP contribution >= 0.6 is 0 Å². The number of aliphatic hydroxyl groups is 2. The molecule has 18 aromatic rings. The van der Waals surface area contributed by atoms with Gasteiger partial charge in [0.15, 0.2) is 11.6 Å². The van der Waals surface area contributed by atoms with Gasteiger partial charge >= 0.3 is 19.8 Å². The van der Waals surface area contributed by atoms with Gasteiger partial charge in [0, 0.05) is 188 Å². The van der Waals surface area contributed by atoms with Crippen molar-refractivity contribution in [2.45, 2.75) is 41.5 Å². The Labute approximate surface area is 830 Å². The maximum absolute atomic E-state index is 10.1. The third-order valence-corrected chi connectivity index (χ3v) is 17.2. The van der Waals surface area contributed by atoms with Crippen LogP contribution in [0.1, 0.15) is 39.1 Å². The van der Waals surface area contributed by atoms with Crippen LogP contribution in [-0.2, 0) is 164 Å². The predicted octanol–water partition coefficient (Wildman–Crippen LogP) is 22.9. The Kier molecular flexibility index (Phi) is 49.6. The van der Waals surface area contributed by atoms with Gasteiger partial charge in [0.05, 0.1) is 51.0 Å².